The van der Waals surface area contributed by atoms with Gasteiger partial charge in [-0.3, -0.25) is 4.79 Å². The van der Waals surface area contributed by atoms with E-state index < -0.39 is 18.2 Å². The highest BCUT2D eigenvalue weighted by atomic mass is 16.5. The molecule has 0 bridgehead atoms. The van der Waals surface area contributed by atoms with Crippen molar-refractivity contribution >= 4 is 11.7 Å². The second-order valence-corrected chi connectivity index (χ2v) is 6.76. The molecule has 7 nitrogen and oxygen atoms in total. The molecule has 7 heteroatoms. The molecule has 3 atom stereocenters. The molecule has 2 saturated heterocycles. The number of aromatic nitrogens is 1. The molecule has 2 N–H and O–H groups in total. The van der Waals surface area contributed by atoms with Gasteiger partial charge in [-0.05, 0) is 31.4 Å². The average molecular weight is 349 g/mol. The van der Waals surface area contributed by atoms with Crippen LogP contribution in [0.25, 0.3) is 0 Å². The third-order valence-corrected chi connectivity index (χ3v) is 4.91. The van der Waals surface area contributed by atoms with E-state index in [4.69, 9.17) is 4.74 Å². The maximum Gasteiger partial charge on any atom is 0.254 e. The molecule has 3 rings (SSSR count). The van der Waals surface area contributed by atoms with Gasteiger partial charge in [-0.15, -0.1) is 0 Å². The van der Waals surface area contributed by atoms with Gasteiger partial charge in [0, 0.05) is 31.4 Å². The van der Waals surface area contributed by atoms with Crippen LogP contribution in [0.15, 0.2) is 18.3 Å². The first-order valence-electron chi connectivity index (χ1n) is 9.07. The van der Waals surface area contributed by atoms with Crippen LogP contribution in [0.1, 0.15) is 36.5 Å². The van der Waals surface area contributed by atoms with Crippen LogP contribution in [0.5, 0.6) is 0 Å². The maximum atomic E-state index is 13.1. The van der Waals surface area contributed by atoms with E-state index in [0.29, 0.717) is 12.1 Å². The number of hydrogen-bond acceptors (Lipinski definition) is 6. The molecule has 2 fully saturated rings. The standard InChI is InChI=1S/C18H27N3O4/c1-2-7-21(14-11-25-12-15(22)17(14)23)18(24)13-5-6-19-16(10-13)20-8-3-4-9-20/h5-6,10,14-15,17,22-23H,2-4,7-9,11-12H2,1H3/t14-,15-,17+/m1/s1. The number of carbonyl (C=O) groups is 1. The number of carbonyl (C=O) groups excluding carboxylic acids is 1. The van der Waals surface area contributed by atoms with Gasteiger partial charge in [0.25, 0.3) is 5.91 Å². The van der Waals surface area contributed by atoms with E-state index >= 15 is 0 Å². The lowest BCUT2D eigenvalue weighted by Crippen LogP contribution is -2.57. The van der Waals surface area contributed by atoms with Crippen molar-refractivity contribution in [1.29, 1.82) is 0 Å². The van der Waals surface area contributed by atoms with Crippen molar-refractivity contribution in [2.75, 3.05) is 37.7 Å². The first-order valence-corrected chi connectivity index (χ1v) is 9.07. The third-order valence-electron chi connectivity index (χ3n) is 4.91. The largest absolute Gasteiger partial charge is 0.388 e. The van der Waals surface area contributed by atoms with Crippen molar-refractivity contribution in [3.05, 3.63) is 23.9 Å². The van der Waals surface area contributed by atoms with Gasteiger partial charge in [-0.1, -0.05) is 6.92 Å². The summed E-state index contributed by atoms with van der Waals surface area (Å²) in [6.45, 7) is 4.73. The zero-order valence-electron chi connectivity index (χ0n) is 14.7. The number of aliphatic hydroxyl groups is 2. The van der Waals surface area contributed by atoms with Crippen LogP contribution < -0.4 is 4.90 Å². The molecule has 2 aliphatic rings. The van der Waals surface area contributed by atoms with Gasteiger partial charge in [-0.2, -0.15) is 0 Å². The summed E-state index contributed by atoms with van der Waals surface area (Å²) in [5, 5.41) is 20.2. The molecule has 25 heavy (non-hydrogen) atoms. The average Bonchev–Trinajstić information content (AvgIpc) is 3.17. The van der Waals surface area contributed by atoms with Crippen LogP contribution in [-0.4, -0.2) is 77.1 Å². The van der Waals surface area contributed by atoms with Crippen LogP contribution in [-0.2, 0) is 4.74 Å². The number of amides is 1. The fourth-order valence-corrected chi connectivity index (χ4v) is 3.53. The molecule has 3 heterocycles. The fraction of sp³-hybridized carbons (Fsp3) is 0.667. The first-order chi connectivity index (χ1) is 12.1. The van der Waals surface area contributed by atoms with E-state index in [1.807, 2.05) is 13.0 Å². The molecular weight excluding hydrogens is 322 g/mol. The minimum Gasteiger partial charge on any atom is -0.388 e. The van der Waals surface area contributed by atoms with Crippen LogP contribution in [0.4, 0.5) is 5.82 Å². The summed E-state index contributed by atoms with van der Waals surface area (Å²) in [6.07, 6.45) is 2.74. The zero-order valence-corrected chi connectivity index (χ0v) is 14.7. The van der Waals surface area contributed by atoms with Gasteiger partial charge in [0.1, 0.15) is 18.0 Å². The number of nitrogens with zero attached hydrogens (tertiary/aromatic N) is 3. The summed E-state index contributed by atoms with van der Waals surface area (Å²) in [6, 6.07) is 2.99. The number of ether oxygens (including phenoxy) is 1. The van der Waals surface area contributed by atoms with Gasteiger partial charge in [0.05, 0.1) is 19.3 Å². The van der Waals surface area contributed by atoms with E-state index in [0.717, 1.165) is 38.2 Å². The lowest BCUT2D eigenvalue weighted by molar-refractivity contribution is -0.125. The van der Waals surface area contributed by atoms with Crippen molar-refractivity contribution < 1.29 is 19.7 Å². The number of pyridine rings is 1. The molecule has 0 aliphatic carbocycles. The molecule has 138 valence electrons. The molecular formula is C18H27N3O4. The summed E-state index contributed by atoms with van der Waals surface area (Å²) in [5.74, 6) is 0.659. The van der Waals surface area contributed by atoms with Gasteiger partial charge in [-0.25, -0.2) is 4.98 Å². The Morgan fingerprint density at radius 1 is 1.36 bits per heavy atom. The van der Waals surface area contributed by atoms with E-state index in [1.54, 1.807) is 17.2 Å². The molecule has 0 unspecified atom stereocenters. The third kappa shape index (κ3) is 3.94. The van der Waals surface area contributed by atoms with E-state index in [2.05, 4.69) is 9.88 Å². The summed E-state index contributed by atoms with van der Waals surface area (Å²) in [4.78, 5) is 21.3. The van der Waals surface area contributed by atoms with Crippen LogP contribution in [0, 0.1) is 0 Å². The number of anilines is 1. The zero-order chi connectivity index (χ0) is 17.8. The Kier molecular flexibility index (Phi) is 5.88. The van der Waals surface area contributed by atoms with Crippen molar-refractivity contribution in [1.82, 2.24) is 9.88 Å². The molecule has 0 saturated carbocycles. The van der Waals surface area contributed by atoms with Gasteiger partial charge < -0.3 is 24.7 Å². The predicted molar refractivity (Wildman–Crippen MR) is 93.6 cm³/mol. The minimum atomic E-state index is -0.996. The van der Waals surface area contributed by atoms with Gasteiger partial charge >= 0.3 is 0 Å². The van der Waals surface area contributed by atoms with Crippen molar-refractivity contribution in [2.45, 2.75) is 44.4 Å². The molecule has 0 radical (unpaired) electrons. The monoisotopic (exact) mass is 349 g/mol. The first kappa shape index (κ1) is 18.1. The number of hydrogen-bond donors (Lipinski definition) is 2. The van der Waals surface area contributed by atoms with E-state index in [-0.39, 0.29) is 19.1 Å². The molecule has 0 aromatic carbocycles. The molecule has 1 aromatic rings. The summed E-state index contributed by atoms with van der Waals surface area (Å²) >= 11 is 0. The Hall–Kier alpha value is -1.70. The lowest BCUT2D eigenvalue weighted by atomic mass is 10.0. The topological polar surface area (TPSA) is 86.1 Å². The Morgan fingerprint density at radius 3 is 2.84 bits per heavy atom. The van der Waals surface area contributed by atoms with Crippen LogP contribution >= 0.6 is 0 Å². The highest BCUT2D eigenvalue weighted by molar-refractivity contribution is 5.95. The highest BCUT2D eigenvalue weighted by Gasteiger charge is 2.37. The number of aliphatic hydroxyl groups excluding tert-OH is 2. The van der Waals surface area contributed by atoms with Crippen LogP contribution in [0.2, 0.25) is 0 Å². The van der Waals surface area contributed by atoms with Crippen LogP contribution in [0.3, 0.4) is 0 Å². The van der Waals surface area contributed by atoms with E-state index in [1.165, 1.54) is 0 Å². The second kappa shape index (κ2) is 8.12. The normalized spacial score (nSPS) is 26.7. The number of rotatable bonds is 5. The lowest BCUT2D eigenvalue weighted by Gasteiger charge is -2.39. The summed E-state index contributed by atoms with van der Waals surface area (Å²) < 4.78 is 5.36. The highest BCUT2D eigenvalue weighted by Crippen LogP contribution is 2.22. The fourth-order valence-electron chi connectivity index (χ4n) is 3.53. The summed E-state index contributed by atoms with van der Waals surface area (Å²) in [5.41, 5.74) is 0.553. The SMILES string of the molecule is CCCN(C(=O)c1ccnc(N2CCCC2)c1)[C@@H]1COC[C@@H](O)[C@H]1O. The Labute approximate surface area is 148 Å². The molecule has 2 aliphatic heterocycles. The van der Waals surface area contributed by atoms with E-state index in [9.17, 15) is 15.0 Å². The van der Waals surface area contributed by atoms with Crippen molar-refractivity contribution in [3.63, 3.8) is 0 Å². The second-order valence-electron chi connectivity index (χ2n) is 6.76. The van der Waals surface area contributed by atoms with Crippen molar-refractivity contribution in [3.8, 4) is 0 Å². The summed E-state index contributed by atoms with van der Waals surface area (Å²) in [7, 11) is 0. The maximum absolute atomic E-state index is 13.1. The predicted octanol–water partition coefficient (Wildman–Crippen LogP) is 0.655. The van der Waals surface area contributed by atoms with Crippen molar-refractivity contribution in [2.24, 2.45) is 0 Å². The quantitative estimate of drug-likeness (QED) is 0.812. The Bertz CT molecular complexity index is 591. The van der Waals surface area contributed by atoms with Gasteiger partial charge in [0.2, 0.25) is 0 Å². The molecule has 0 spiro atoms. The Balaban J connectivity index is 1.81. The smallest absolute Gasteiger partial charge is 0.254 e. The minimum absolute atomic E-state index is 0.0974. The molecule has 1 aromatic heterocycles. The Morgan fingerprint density at radius 2 is 2.12 bits per heavy atom. The molecule has 1 amide bonds. The van der Waals surface area contributed by atoms with Gasteiger partial charge in [0.15, 0.2) is 0 Å².